The first-order valence-corrected chi connectivity index (χ1v) is 10.9. The zero-order chi connectivity index (χ0) is 21.8. The predicted molar refractivity (Wildman–Crippen MR) is 125 cm³/mol. The molecule has 2 amide bonds. The van der Waals surface area contributed by atoms with E-state index in [1.807, 2.05) is 36.7 Å². The number of nitrogens with zero attached hydrogens (tertiary/aromatic N) is 1. The zero-order valence-electron chi connectivity index (χ0n) is 17.1. The molecule has 1 atom stereocenters. The number of likely N-dealkylation sites (N-methyl/N-ethyl adjacent to an activating group) is 1. The molecule has 1 unspecified atom stereocenters. The van der Waals surface area contributed by atoms with Crippen molar-refractivity contribution in [3.8, 4) is 10.4 Å². The molecule has 0 saturated carbocycles. The Balaban J connectivity index is 1.37. The number of ether oxygens (including phenoxy) is 1. The molecule has 0 spiro atoms. The van der Waals surface area contributed by atoms with Crippen LogP contribution in [0, 0.1) is 0 Å². The molecule has 31 heavy (non-hydrogen) atoms. The van der Waals surface area contributed by atoms with E-state index in [0.29, 0.717) is 22.6 Å². The van der Waals surface area contributed by atoms with Gasteiger partial charge in [-0.1, -0.05) is 12.1 Å². The fourth-order valence-corrected chi connectivity index (χ4v) is 4.17. The minimum atomic E-state index is -0.490. The van der Waals surface area contributed by atoms with Gasteiger partial charge in [-0.05, 0) is 66.9 Å². The summed E-state index contributed by atoms with van der Waals surface area (Å²) in [5.74, 6) is -0.279. The molecule has 3 aromatic rings. The van der Waals surface area contributed by atoms with Crippen molar-refractivity contribution in [1.82, 2.24) is 4.90 Å². The van der Waals surface area contributed by atoms with Gasteiger partial charge in [-0.25, -0.2) is 4.79 Å². The van der Waals surface area contributed by atoms with Crippen LogP contribution < -0.4 is 16.4 Å². The van der Waals surface area contributed by atoms with E-state index in [2.05, 4.69) is 15.5 Å². The highest BCUT2D eigenvalue weighted by atomic mass is 32.1. The van der Waals surface area contributed by atoms with Gasteiger partial charge in [-0.3, -0.25) is 10.1 Å². The van der Waals surface area contributed by atoms with E-state index < -0.39 is 6.09 Å². The van der Waals surface area contributed by atoms with E-state index in [0.717, 1.165) is 30.0 Å². The molecule has 4 rings (SSSR count). The molecular formula is C23H24N4O3S. The second kappa shape index (κ2) is 9.20. The van der Waals surface area contributed by atoms with Crippen LogP contribution in [0.2, 0.25) is 0 Å². The van der Waals surface area contributed by atoms with E-state index >= 15 is 0 Å². The Bertz CT molecular complexity index is 1070. The van der Waals surface area contributed by atoms with E-state index in [1.54, 1.807) is 41.7 Å². The van der Waals surface area contributed by atoms with Crippen LogP contribution in [0.25, 0.3) is 10.4 Å². The standard InChI is InChI=1S/C23H24N4O3S/c1-27-11-10-18(14-27)30-23(29)25-17-7-4-15(5-8-17)22(28)26-20-13-16(6-9-19(20)24)21-3-2-12-31-21/h2-9,12-13,18H,10-11,14,24H2,1H3,(H,25,29)(H,26,28). The molecule has 1 saturated heterocycles. The van der Waals surface area contributed by atoms with E-state index in [1.165, 1.54) is 0 Å². The van der Waals surface area contributed by atoms with Gasteiger partial charge in [0.05, 0.1) is 11.4 Å². The molecule has 2 heterocycles. The Kier molecular flexibility index (Phi) is 6.20. The highest BCUT2D eigenvalue weighted by Gasteiger charge is 2.23. The molecule has 1 aromatic heterocycles. The third kappa shape index (κ3) is 5.22. The van der Waals surface area contributed by atoms with Gasteiger partial charge >= 0.3 is 6.09 Å². The Morgan fingerprint density at radius 1 is 1.13 bits per heavy atom. The maximum absolute atomic E-state index is 12.7. The van der Waals surface area contributed by atoms with Gasteiger partial charge in [-0.2, -0.15) is 0 Å². The van der Waals surface area contributed by atoms with Crippen molar-refractivity contribution < 1.29 is 14.3 Å². The lowest BCUT2D eigenvalue weighted by molar-refractivity contribution is 0.102. The van der Waals surface area contributed by atoms with Gasteiger partial charge < -0.3 is 20.7 Å². The molecule has 7 nitrogen and oxygen atoms in total. The molecule has 1 aliphatic rings. The van der Waals surface area contributed by atoms with Crippen LogP contribution in [-0.2, 0) is 4.74 Å². The van der Waals surface area contributed by atoms with Crippen LogP contribution in [0.1, 0.15) is 16.8 Å². The number of amides is 2. The van der Waals surface area contributed by atoms with Crippen molar-refractivity contribution in [2.75, 3.05) is 36.5 Å². The van der Waals surface area contributed by atoms with Gasteiger partial charge in [0.1, 0.15) is 6.10 Å². The number of likely N-dealkylation sites (tertiary alicyclic amines) is 1. The largest absolute Gasteiger partial charge is 0.445 e. The summed E-state index contributed by atoms with van der Waals surface area (Å²) in [6.45, 7) is 1.66. The fourth-order valence-electron chi connectivity index (χ4n) is 3.45. The monoisotopic (exact) mass is 436 g/mol. The average Bonchev–Trinajstić information content (AvgIpc) is 3.42. The number of carbonyl (C=O) groups excluding carboxylic acids is 2. The summed E-state index contributed by atoms with van der Waals surface area (Å²) in [4.78, 5) is 28.0. The summed E-state index contributed by atoms with van der Waals surface area (Å²) >= 11 is 1.62. The summed E-state index contributed by atoms with van der Waals surface area (Å²) in [6, 6.07) is 16.2. The maximum Gasteiger partial charge on any atom is 0.411 e. The lowest BCUT2D eigenvalue weighted by Gasteiger charge is -2.13. The summed E-state index contributed by atoms with van der Waals surface area (Å²) in [7, 11) is 2.00. The molecular weight excluding hydrogens is 412 g/mol. The number of nitrogen functional groups attached to an aromatic ring is 1. The molecule has 8 heteroatoms. The summed E-state index contributed by atoms with van der Waals surface area (Å²) in [6.07, 6.45) is 0.251. The van der Waals surface area contributed by atoms with Crippen LogP contribution in [0.15, 0.2) is 60.0 Å². The SMILES string of the molecule is CN1CCC(OC(=O)Nc2ccc(C(=O)Nc3cc(-c4cccs4)ccc3N)cc2)C1. The van der Waals surface area contributed by atoms with E-state index in [-0.39, 0.29) is 12.0 Å². The zero-order valence-corrected chi connectivity index (χ0v) is 17.9. The topological polar surface area (TPSA) is 96.7 Å². The number of anilines is 3. The highest BCUT2D eigenvalue weighted by Crippen LogP contribution is 2.30. The van der Waals surface area contributed by atoms with Crippen molar-refractivity contribution in [3.63, 3.8) is 0 Å². The molecule has 4 N–H and O–H groups in total. The Labute approximate surface area is 184 Å². The van der Waals surface area contributed by atoms with E-state index in [9.17, 15) is 9.59 Å². The smallest absolute Gasteiger partial charge is 0.411 e. The first kappa shape index (κ1) is 20.9. The Morgan fingerprint density at radius 3 is 2.61 bits per heavy atom. The number of nitrogens with two attached hydrogens (primary N) is 1. The van der Waals surface area contributed by atoms with Gasteiger partial charge in [0.15, 0.2) is 0 Å². The van der Waals surface area contributed by atoms with Gasteiger partial charge in [0.2, 0.25) is 0 Å². The summed E-state index contributed by atoms with van der Waals surface area (Å²) in [5.41, 5.74) is 9.11. The van der Waals surface area contributed by atoms with Crippen molar-refractivity contribution >= 4 is 40.4 Å². The molecule has 160 valence electrons. The third-order valence-corrected chi connectivity index (χ3v) is 6.04. The van der Waals surface area contributed by atoms with Crippen molar-refractivity contribution in [2.24, 2.45) is 0 Å². The number of carbonyl (C=O) groups is 2. The third-order valence-electron chi connectivity index (χ3n) is 5.12. The second-order valence-electron chi connectivity index (χ2n) is 7.51. The summed E-state index contributed by atoms with van der Waals surface area (Å²) < 4.78 is 5.41. The lowest BCUT2D eigenvalue weighted by atomic mass is 10.1. The first-order chi connectivity index (χ1) is 15.0. The Morgan fingerprint density at radius 2 is 1.94 bits per heavy atom. The van der Waals surface area contributed by atoms with Crippen LogP contribution in [0.4, 0.5) is 21.9 Å². The minimum Gasteiger partial charge on any atom is -0.445 e. The number of benzene rings is 2. The number of rotatable bonds is 5. The highest BCUT2D eigenvalue weighted by molar-refractivity contribution is 7.13. The minimum absolute atomic E-state index is 0.0922. The molecule has 0 bridgehead atoms. The maximum atomic E-state index is 12.7. The number of thiophene rings is 1. The van der Waals surface area contributed by atoms with Crippen molar-refractivity contribution in [2.45, 2.75) is 12.5 Å². The molecule has 1 aliphatic heterocycles. The van der Waals surface area contributed by atoms with Gasteiger partial charge in [-0.15, -0.1) is 11.3 Å². The van der Waals surface area contributed by atoms with Crippen LogP contribution >= 0.6 is 11.3 Å². The fraction of sp³-hybridized carbons (Fsp3) is 0.217. The first-order valence-electron chi connectivity index (χ1n) is 9.99. The molecule has 1 fully saturated rings. The van der Waals surface area contributed by atoms with Crippen molar-refractivity contribution in [1.29, 1.82) is 0 Å². The van der Waals surface area contributed by atoms with Crippen molar-refractivity contribution in [3.05, 3.63) is 65.5 Å². The Hall–Kier alpha value is -3.36. The van der Waals surface area contributed by atoms with Crippen LogP contribution in [-0.4, -0.2) is 43.1 Å². The number of hydrogen-bond donors (Lipinski definition) is 3. The van der Waals surface area contributed by atoms with Crippen LogP contribution in [0.5, 0.6) is 0 Å². The number of hydrogen-bond acceptors (Lipinski definition) is 6. The number of nitrogens with one attached hydrogen (secondary N) is 2. The lowest BCUT2D eigenvalue weighted by Crippen LogP contribution is -2.25. The average molecular weight is 437 g/mol. The van der Waals surface area contributed by atoms with Gasteiger partial charge in [0.25, 0.3) is 5.91 Å². The van der Waals surface area contributed by atoms with Crippen LogP contribution in [0.3, 0.4) is 0 Å². The summed E-state index contributed by atoms with van der Waals surface area (Å²) in [5, 5.41) is 7.57. The predicted octanol–water partition coefficient (Wildman–Crippen LogP) is 4.50. The molecule has 2 aromatic carbocycles. The molecule has 0 aliphatic carbocycles. The molecule has 0 radical (unpaired) electrons. The van der Waals surface area contributed by atoms with Gasteiger partial charge in [0, 0.05) is 29.2 Å². The normalized spacial score (nSPS) is 16.1. The quantitative estimate of drug-likeness (QED) is 0.512. The van der Waals surface area contributed by atoms with E-state index in [4.69, 9.17) is 10.5 Å². The second-order valence-corrected chi connectivity index (χ2v) is 8.46.